The highest BCUT2D eigenvalue weighted by Crippen LogP contribution is 2.29. The SMILES string of the molecule is Cn1cc2c3c(cccc31)CN(C(=O)c1cccc(F)c1)CC2. The Morgan fingerprint density at radius 1 is 1.13 bits per heavy atom. The van der Waals surface area contributed by atoms with Crippen LogP contribution in [-0.2, 0) is 20.0 Å². The molecule has 3 aromatic rings. The van der Waals surface area contributed by atoms with E-state index in [-0.39, 0.29) is 11.7 Å². The van der Waals surface area contributed by atoms with Gasteiger partial charge in [-0.05, 0) is 41.8 Å². The number of carbonyl (C=O) groups is 1. The number of hydrogen-bond acceptors (Lipinski definition) is 1. The topological polar surface area (TPSA) is 25.2 Å². The lowest BCUT2D eigenvalue weighted by Crippen LogP contribution is -2.31. The van der Waals surface area contributed by atoms with Gasteiger partial charge in [-0.2, -0.15) is 0 Å². The average molecular weight is 308 g/mol. The summed E-state index contributed by atoms with van der Waals surface area (Å²) in [7, 11) is 2.05. The fourth-order valence-corrected chi connectivity index (χ4v) is 3.46. The molecule has 4 rings (SSSR count). The van der Waals surface area contributed by atoms with Crippen molar-refractivity contribution >= 4 is 16.8 Å². The second-order valence-corrected chi connectivity index (χ2v) is 6.06. The van der Waals surface area contributed by atoms with E-state index < -0.39 is 0 Å². The second-order valence-electron chi connectivity index (χ2n) is 6.06. The molecule has 1 aromatic heterocycles. The Labute approximate surface area is 133 Å². The highest BCUT2D eigenvalue weighted by molar-refractivity contribution is 5.95. The Kier molecular flexibility index (Phi) is 3.18. The zero-order chi connectivity index (χ0) is 16.0. The van der Waals surface area contributed by atoms with Gasteiger partial charge in [0.2, 0.25) is 0 Å². The van der Waals surface area contributed by atoms with E-state index in [1.807, 2.05) is 18.0 Å². The summed E-state index contributed by atoms with van der Waals surface area (Å²) < 4.78 is 15.5. The molecule has 3 nitrogen and oxygen atoms in total. The number of amides is 1. The summed E-state index contributed by atoms with van der Waals surface area (Å²) >= 11 is 0. The number of carbonyl (C=O) groups excluding carboxylic acids is 1. The largest absolute Gasteiger partial charge is 0.350 e. The van der Waals surface area contributed by atoms with Crippen LogP contribution in [0.15, 0.2) is 48.7 Å². The fourth-order valence-electron chi connectivity index (χ4n) is 3.46. The summed E-state index contributed by atoms with van der Waals surface area (Å²) in [5, 5.41) is 1.25. The maximum atomic E-state index is 13.4. The summed E-state index contributed by atoms with van der Waals surface area (Å²) in [5.74, 6) is -0.493. The molecule has 116 valence electrons. The summed E-state index contributed by atoms with van der Waals surface area (Å²) in [5.41, 5.74) is 4.02. The van der Waals surface area contributed by atoms with E-state index in [1.54, 1.807) is 12.1 Å². The number of aryl methyl sites for hydroxylation is 1. The first-order valence-corrected chi connectivity index (χ1v) is 7.74. The molecule has 23 heavy (non-hydrogen) atoms. The molecule has 0 N–H and O–H groups in total. The van der Waals surface area contributed by atoms with Crippen molar-refractivity contribution in [1.29, 1.82) is 0 Å². The number of halogens is 1. The molecule has 0 saturated heterocycles. The fraction of sp³-hybridized carbons (Fsp3) is 0.211. The molecule has 0 aliphatic carbocycles. The van der Waals surface area contributed by atoms with Gasteiger partial charge in [-0.25, -0.2) is 4.39 Å². The van der Waals surface area contributed by atoms with Crippen LogP contribution in [-0.4, -0.2) is 21.9 Å². The van der Waals surface area contributed by atoms with Crippen LogP contribution in [0.2, 0.25) is 0 Å². The van der Waals surface area contributed by atoms with Gasteiger partial charge >= 0.3 is 0 Å². The van der Waals surface area contributed by atoms with Gasteiger partial charge in [0, 0.05) is 42.8 Å². The van der Waals surface area contributed by atoms with Crippen molar-refractivity contribution in [3.05, 3.63) is 71.2 Å². The molecule has 0 atom stereocenters. The van der Waals surface area contributed by atoms with E-state index in [4.69, 9.17) is 0 Å². The van der Waals surface area contributed by atoms with Gasteiger partial charge in [-0.15, -0.1) is 0 Å². The van der Waals surface area contributed by atoms with Crippen molar-refractivity contribution in [2.24, 2.45) is 7.05 Å². The van der Waals surface area contributed by atoms with Gasteiger partial charge in [0.25, 0.3) is 5.91 Å². The molecule has 2 aromatic carbocycles. The quantitative estimate of drug-likeness (QED) is 0.675. The predicted octanol–water partition coefficient (Wildman–Crippen LogP) is 3.52. The summed E-state index contributed by atoms with van der Waals surface area (Å²) in [6, 6.07) is 12.1. The van der Waals surface area contributed by atoms with Crippen molar-refractivity contribution in [2.75, 3.05) is 6.54 Å². The number of rotatable bonds is 1. The maximum absolute atomic E-state index is 13.4. The molecule has 0 saturated carbocycles. The zero-order valence-electron chi connectivity index (χ0n) is 12.9. The molecule has 0 fully saturated rings. The average Bonchev–Trinajstić information content (AvgIpc) is 2.76. The molecule has 0 unspecified atom stereocenters. The van der Waals surface area contributed by atoms with Crippen LogP contribution < -0.4 is 0 Å². The van der Waals surface area contributed by atoms with E-state index in [9.17, 15) is 9.18 Å². The first kappa shape index (κ1) is 14.0. The van der Waals surface area contributed by atoms with E-state index >= 15 is 0 Å². The minimum absolute atomic E-state index is 0.115. The highest BCUT2D eigenvalue weighted by atomic mass is 19.1. The maximum Gasteiger partial charge on any atom is 0.254 e. The van der Waals surface area contributed by atoms with Gasteiger partial charge in [0.15, 0.2) is 0 Å². The molecular formula is C19H17FN2O. The normalized spacial score (nSPS) is 14.1. The van der Waals surface area contributed by atoms with Crippen LogP contribution in [0, 0.1) is 5.82 Å². The molecule has 4 heteroatoms. The standard InChI is InChI=1S/C19H17FN2O/c1-21-11-15-8-9-22(12-14-5-3-7-17(21)18(14)15)19(23)13-4-2-6-16(20)10-13/h2-7,10-11H,8-9,12H2,1H3. The second kappa shape index (κ2) is 5.23. The van der Waals surface area contributed by atoms with Crippen molar-refractivity contribution in [2.45, 2.75) is 13.0 Å². The summed E-state index contributed by atoms with van der Waals surface area (Å²) in [6.07, 6.45) is 2.96. The monoisotopic (exact) mass is 308 g/mol. The molecular weight excluding hydrogens is 291 g/mol. The van der Waals surface area contributed by atoms with Crippen LogP contribution in [0.3, 0.4) is 0 Å². The Morgan fingerprint density at radius 3 is 2.78 bits per heavy atom. The van der Waals surface area contributed by atoms with Crippen LogP contribution >= 0.6 is 0 Å². The van der Waals surface area contributed by atoms with E-state index in [0.717, 1.165) is 12.0 Å². The Bertz CT molecular complexity index is 913. The van der Waals surface area contributed by atoms with Crippen molar-refractivity contribution in [3.63, 3.8) is 0 Å². The van der Waals surface area contributed by atoms with Crippen molar-refractivity contribution in [1.82, 2.24) is 9.47 Å². The molecule has 2 heterocycles. The molecule has 0 radical (unpaired) electrons. The minimum atomic E-state index is -0.378. The first-order chi connectivity index (χ1) is 11.1. The van der Waals surface area contributed by atoms with Crippen LogP contribution in [0.4, 0.5) is 4.39 Å². The number of benzene rings is 2. The number of aromatic nitrogens is 1. The van der Waals surface area contributed by atoms with Crippen molar-refractivity contribution in [3.8, 4) is 0 Å². The summed E-state index contributed by atoms with van der Waals surface area (Å²) in [6.45, 7) is 1.20. The molecule has 1 aliphatic heterocycles. The van der Waals surface area contributed by atoms with Gasteiger partial charge < -0.3 is 9.47 Å². The summed E-state index contributed by atoms with van der Waals surface area (Å²) in [4.78, 5) is 14.5. The minimum Gasteiger partial charge on any atom is -0.350 e. The Balaban J connectivity index is 1.72. The lowest BCUT2D eigenvalue weighted by atomic mass is 10.1. The first-order valence-electron chi connectivity index (χ1n) is 7.74. The predicted molar refractivity (Wildman–Crippen MR) is 87.8 cm³/mol. The van der Waals surface area contributed by atoms with Gasteiger partial charge in [0.05, 0.1) is 0 Å². The number of hydrogen-bond donors (Lipinski definition) is 0. The van der Waals surface area contributed by atoms with Crippen LogP contribution in [0.25, 0.3) is 10.9 Å². The van der Waals surface area contributed by atoms with Gasteiger partial charge in [-0.1, -0.05) is 18.2 Å². The number of nitrogens with zero attached hydrogens (tertiary/aromatic N) is 2. The molecule has 1 amide bonds. The third kappa shape index (κ3) is 2.31. The Hall–Kier alpha value is -2.62. The third-order valence-corrected chi connectivity index (χ3v) is 4.55. The van der Waals surface area contributed by atoms with E-state index in [1.165, 1.54) is 28.6 Å². The van der Waals surface area contributed by atoms with E-state index in [0.29, 0.717) is 18.7 Å². The lowest BCUT2D eigenvalue weighted by Gasteiger charge is -2.21. The van der Waals surface area contributed by atoms with Crippen molar-refractivity contribution < 1.29 is 9.18 Å². The zero-order valence-corrected chi connectivity index (χ0v) is 12.9. The highest BCUT2D eigenvalue weighted by Gasteiger charge is 2.22. The molecule has 0 bridgehead atoms. The van der Waals surface area contributed by atoms with E-state index in [2.05, 4.69) is 22.9 Å². The van der Waals surface area contributed by atoms with Gasteiger partial charge in [-0.3, -0.25) is 4.79 Å². The third-order valence-electron chi connectivity index (χ3n) is 4.55. The van der Waals surface area contributed by atoms with Crippen LogP contribution in [0.5, 0.6) is 0 Å². The smallest absolute Gasteiger partial charge is 0.254 e. The van der Waals surface area contributed by atoms with Crippen LogP contribution in [0.1, 0.15) is 21.5 Å². The molecule has 0 spiro atoms. The lowest BCUT2D eigenvalue weighted by molar-refractivity contribution is 0.0747. The van der Waals surface area contributed by atoms with Gasteiger partial charge in [0.1, 0.15) is 5.82 Å². The molecule has 1 aliphatic rings. The Morgan fingerprint density at radius 2 is 1.96 bits per heavy atom.